The minimum absolute atomic E-state index is 0.138. The summed E-state index contributed by atoms with van der Waals surface area (Å²) in [6.07, 6.45) is 0. The van der Waals surface area contributed by atoms with Gasteiger partial charge in [-0.2, -0.15) is 0 Å². The summed E-state index contributed by atoms with van der Waals surface area (Å²) in [7, 11) is 0. The molecule has 0 fully saturated rings. The summed E-state index contributed by atoms with van der Waals surface area (Å²) in [5.41, 5.74) is 6.48. The van der Waals surface area contributed by atoms with Crippen LogP contribution < -0.4 is 11.1 Å². The van der Waals surface area contributed by atoms with E-state index in [-0.39, 0.29) is 25.7 Å². The van der Waals surface area contributed by atoms with Gasteiger partial charge >= 0.3 is 5.97 Å². The molecule has 1 aromatic carbocycles. The molecule has 6 nitrogen and oxygen atoms in total. The van der Waals surface area contributed by atoms with Gasteiger partial charge in [0.1, 0.15) is 12.6 Å². The molecule has 0 bridgehead atoms. The molecular weight excluding hydrogens is 236 g/mol. The zero-order valence-corrected chi connectivity index (χ0v) is 9.83. The van der Waals surface area contributed by atoms with Gasteiger partial charge in [-0.3, -0.25) is 4.79 Å². The van der Waals surface area contributed by atoms with Crippen LogP contribution in [0, 0.1) is 0 Å². The van der Waals surface area contributed by atoms with Crippen molar-refractivity contribution in [2.75, 3.05) is 19.8 Å². The lowest BCUT2D eigenvalue weighted by atomic mass is 10.1. The second-order valence-corrected chi connectivity index (χ2v) is 3.63. The van der Waals surface area contributed by atoms with E-state index in [0.717, 1.165) is 5.56 Å². The third kappa shape index (κ3) is 4.94. The highest BCUT2D eigenvalue weighted by Gasteiger charge is 2.14. The Hall–Kier alpha value is -1.92. The third-order valence-corrected chi connectivity index (χ3v) is 2.21. The standard InChI is InChI=1S/C12H16N2O4/c13-11(9-4-2-1-3-5-9)12(17)14-6-7-18-8-10(15)16/h1-5,11H,6-8,13H2,(H,14,17)(H,15,16). The van der Waals surface area contributed by atoms with Crippen LogP contribution in [0.3, 0.4) is 0 Å². The summed E-state index contributed by atoms with van der Waals surface area (Å²) < 4.78 is 4.78. The molecule has 1 rings (SSSR count). The van der Waals surface area contributed by atoms with Crippen LogP contribution in [0.25, 0.3) is 0 Å². The SMILES string of the molecule is NC(C(=O)NCCOCC(=O)O)c1ccccc1. The summed E-state index contributed by atoms with van der Waals surface area (Å²) in [6, 6.07) is 8.26. The minimum Gasteiger partial charge on any atom is -0.480 e. The second-order valence-electron chi connectivity index (χ2n) is 3.63. The molecule has 0 radical (unpaired) electrons. The largest absolute Gasteiger partial charge is 0.480 e. The molecule has 98 valence electrons. The number of nitrogens with one attached hydrogen (secondary N) is 1. The predicted octanol–water partition coefficient (Wildman–Crippen LogP) is -0.0962. The van der Waals surface area contributed by atoms with E-state index in [9.17, 15) is 9.59 Å². The second kappa shape index (κ2) is 7.41. The average molecular weight is 252 g/mol. The van der Waals surface area contributed by atoms with Gasteiger partial charge < -0.3 is 20.9 Å². The van der Waals surface area contributed by atoms with Crippen molar-refractivity contribution in [2.24, 2.45) is 5.73 Å². The summed E-state index contributed by atoms with van der Waals surface area (Å²) >= 11 is 0. The summed E-state index contributed by atoms with van der Waals surface area (Å²) in [5, 5.41) is 10.9. The molecule has 1 aromatic rings. The summed E-state index contributed by atoms with van der Waals surface area (Å²) in [5.74, 6) is -1.36. The van der Waals surface area contributed by atoms with Crippen LogP contribution in [-0.4, -0.2) is 36.7 Å². The molecule has 0 spiro atoms. The first-order chi connectivity index (χ1) is 8.61. The fourth-order valence-electron chi connectivity index (χ4n) is 1.33. The van der Waals surface area contributed by atoms with Gasteiger partial charge in [0.2, 0.25) is 5.91 Å². The molecule has 6 heteroatoms. The fraction of sp³-hybridized carbons (Fsp3) is 0.333. The summed E-state index contributed by atoms with van der Waals surface area (Å²) in [6.45, 7) is -0.00714. The van der Waals surface area contributed by atoms with Crippen molar-refractivity contribution in [3.8, 4) is 0 Å². The van der Waals surface area contributed by atoms with Crippen LogP contribution in [0.15, 0.2) is 30.3 Å². The number of benzene rings is 1. The Kier molecular flexibility index (Phi) is 5.83. The lowest BCUT2D eigenvalue weighted by molar-refractivity contribution is -0.142. The van der Waals surface area contributed by atoms with Gasteiger partial charge in [-0.15, -0.1) is 0 Å². The van der Waals surface area contributed by atoms with E-state index < -0.39 is 12.0 Å². The van der Waals surface area contributed by atoms with E-state index >= 15 is 0 Å². The lowest BCUT2D eigenvalue weighted by Gasteiger charge is -2.12. The van der Waals surface area contributed by atoms with Gasteiger partial charge in [0.25, 0.3) is 0 Å². The number of carboxylic acid groups (broad SMARTS) is 1. The zero-order chi connectivity index (χ0) is 13.4. The molecule has 1 atom stereocenters. The molecule has 0 aromatic heterocycles. The first kappa shape index (κ1) is 14.1. The number of rotatable bonds is 7. The number of hydrogen-bond acceptors (Lipinski definition) is 4. The maximum absolute atomic E-state index is 11.6. The van der Waals surface area contributed by atoms with E-state index in [1.807, 2.05) is 6.07 Å². The average Bonchev–Trinajstić information content (AvgIpc) is 2.38. The van der Waals surface area contributed by atoms with E-state index in [4.69, 9.17) is 15.6 Å². The lowest BCUT2D eigenvalue weighted by Crippen LogP contribution is -2.36. The van der Waals surface area contributed by atoms with E-state index in [1.54, 1.807) is 24.3 Å². The number of carbonyl (C=O) groups is 2. The van der Waals surface area contributed by atoms with Crippen LogP contribution in [-0.2, 0) is 14.3 Å². The molecule has 4 N–H and O–H groups in total. The van der Waals surface area contributed by atoms with Crippen LogP contribution in [0.5, 0.6) is 0 Å². The van der Waals surface area contributed by atoms with Gasteiger partial charge in [-0.05, 0) is 5.56 Å². The van der Waals surface area contributed by atoms with Crippen LogP contribution in [0.2, 0.25) is 0 Å². The Bertz CT molecular complexity index is 394. The van der Waals surface area contributed by atoms with E-state index in [1.165, 1.54) is 0 Å². The molecule has 0 aliphatic rings. The number of carboxylic acids is 1. The number of hydrogen-bond donors (Lipinski definition) is 3. The fourth-order valence-corrected chi connectivity index (χ4v) is 1.33. The number of ether oxygens (including phenoxy) is 1. The maximum atomic E-state index is 11.6. The van der Waals surface area contributed by atoms with Crippen molar-refractivity contribution in [3.63, 3.8) is 0 Å². The van der Waals surface area contributed by atoms with Crippen molar-refractivity contribution in [1.82, 2.24) is 5.32 Å². The number of amides is 1. The van der Waals surface area contributed by atoms with Gasteiger partial charge in [0.05, 0.1) is 6.61 Å². The van der Waals surface area contributed by atoms with Crippen LogP contribution in [0.4, 0.5) is 0 Å². The third-order valence-electron chi connectivity index (χ3n) is 2.21. The number of aliphatic carboxylic acids is 1. The Morgan fingerprint density at radius 2 is 2.00 bits per heavy atom. The van der Waals surface area contributed by atoms with Crippen molar-refractivity contribution in [1.29, 1.82) is 0 Å². The number of carbonyl (C=O) groups excluding carboxylic acids is 1. The molecule has 0 heterocycles. The van der Waals surface area contributed by atoms with E-state index in [2.05, 4.69) is 5.32 Å². The first-order valence-electron chi connectivity index (χ1n) is 5.49. The highest BCUT2D eigenvalue weighted by atomic mass is 16.5. The highest BCUT2D eigenvalue weighted by Crippen LogP contribution is 2.08. The molecular formula is C12H16N2O4. The maximum Gasteiger partial charge on any atom is 0.329 e. The summed E-state index contributed by atoms with van der Waals surface area (Å²) in [4.78, 5) is 21.8. The Morgan fingerprint density at radius 1 is 1.33 bits per heavy atom. The van der Waals surface area contributed by atoms with Crippen molar-refractivity contribution < 1.29 is 19.4 Å². The molecule has 0 aliphatic heterocycles. The monoisotopic (exact) mass is 252 g/mol. The van der Waals surface area contributed by atoms with Gasteiger partial charge in [-0.1, -0.05) is 30.3 Å². The van der Waals surface area contributed by atoms with Crippen molar-refractivity contribution >= 4 is 11.9 Å². The first-order valence-corrected chi connectivity index (χ1v) is 5.49. The topological polar surface area (TPSA) is 102 Å². The zero-order valence-electron chi connectivity index (χ0n) is 9.83. The quantitative estimate of drug-likeness (QED) is 0.588. The van der Waals surface area contributed by atoms with Crippen LogP contribution >= 0.6 is 0 Å². The Labute approximate surface area is 105 Å². The van der Waals surface area contributed by atoms with Crippen molar-refractivity contribution in [2.45, 2.75) is 6.04 Å². The van der Waals surface area contributed by atoms with Crippen LogP contribution in [0.1, 0.15) is 11.6 Å². The molecule has 0 aliphatic carbocycles. The highest BCUT2D eigenvalue weighted by molar-refractivity contribution is 5.82. The molecule has 1 amide bonds. The Balaban J connectivity index is 2.26. The number of nitrogens with two attached hydrogens (primary N) is 1. The molecule has 18 heavy (non-hydrogen) atoms. The van der Waals surface area contributed by atoms with Crippen molar-refractivity contribution in [3.05, 3.63) is 35.9 Å². The van der Waals surface area contributed by atoms with Gasteiger partial charge in [0, 0.05) is 6.54 Å². The Morgan fingerprint density at radius 3 is 2.61 bits per heavy atom. The molecule has 0 saturated carbocycles. The smallest absolute Gasteiger partial charge is 0.329 e. The van der Waals surface area contributed by atoms with Gasteiger partial charge in [0.15, 0.2) is 0 Å². The molecule has 1 unspecified atom stereocenters. The van der Waals surface area contributed by atoms with E-state index in [0.29, 0.717) is 0 Å². The van der Waals surface area contributed by atoms with Gasteiger partial charge in [-0.25, -0.2) is 4.79 Å². The predicted molar refractivity (Wildman–Crippen MR) is 64.8 cm³/mol. The molecule has 0 saturated heterocycles. The normalized spacial score (nSPS) is 11.8. The minimum atomic E-state index is -1.04.